The van der Waals surface area contributed by atoms with Gasteiger partial charge in [-0.05, 0) is 112 Å². The van der Waals surface area contributed by atoms with Gasteiger partial charge in [0.05, 0.1) is 29.5 Å². The van der Waals surface area contributed by atoms with Crippen LogP contribution in [0.1, 0.15) is 38.8 Å². The van der Waals surface area contributed by atoms with Crippen molar-refractivity contribution < 1.29 is 27.5 Å². The molecule has 4 aromatic carbocycles. The number of aromatic nitrogens is 2. The lowest BCUT2D eigenvalue weighted by Gasteiger charge is -2.16. The Hall–Kier alpha value is -5.02. The number of ether oxygens (including phenoxy) is 2. The lowest BCUT2D eigenvalue weighted by Crippen LogP contribution is -2.16. The summed E-state index contributed by atoms with van der Waals surface area (Å²) in [4.78, 5) is 29.5. The molecule has 5 aromatic rings. The van der Waals surface area contributed by atoms with E-state index in [2.05, 4.69) is 0 Å². The zero-order valence-corrected chi connectivity index (χ0v) is 27.1. The fourth-order valence-corrected chi connectivity index (χ4v) is 6.92. The number of benzene rings is 4. The second kappa shape index (κ2) is 14.0. The van der Waals surface area contributed by atoms with Crippen LogP contribution in [0.15, 0.2) is 102 Å². The largest absolute Gasteiger partial charge is 0.494 e. The van der Waals surface area contributed by atoms with Crippen LogP contribution >= 0.6 is 0 Å². The molecule has 1 aromatic heterocycles. The molecule has 0 amide bonds. The Balaban J connectivity index is 1.88. The van der Waals surface area contributed by atoms with Crippen molar-refractivity contribution in [2.24, 2.45) is 0 Å². The number of hydrogen-bond donors (Lipinski definition) is 0. The fraction of sp³-hybridized carbons (Fsp3) is 0.216. The van der Waals surface area contributed by atoms with Crippen LogP contribution in [-0.2, 0) is 32.5 Å². The molecule has 0 atom stereocenters. The van der Waals surface area contributed by atoms with E-state index in [9.17, 15) is 18.0 Å². The lowest BCUT2D eigenvalue weighted by atomic mass is 9.99. The summed E-state index contributed by atoms with van der Waals surface area (Å²) in [5.74, 6) is 1.37. The van der Waals surface area contributed by atoms with Crippen molar-refractivity contribution in [3.8, 4) is 45.4 Å². The quantitative estimate of drug-likeness (QED) is 0.135. The number of imidazole rings is 1. The summed E-state index contributed by atoms with van der Waals surface area (Å²) in [6, 6.07) is 28.1. The van der Waals surface area contributed by atoms with Gasteiger partial charge in [-0.2, -0.15) is 0 Å². The van der Waals surface area contributed by atoms with Gasteiger partial charge in [0.15, 0.2) is 5.82 Å². The van der Waals surface area contributed by atoms with Crippen molar-refractivity contribution in [1.82, 2.24) is 8.96 Å². The van der Waals surface area contributed by atoms with E-state index in [1.165, 1.54) is 17.8 Å². The average molecular weight is 637 g/mol. The summed E-state index contributed by atoms with van der Waals surface area (Å²) in [5.41, 5.74) is 3.88. The number of carbonyl (C=O) groups excluding carboxylic acids is 2. The van der Waals surface area contributed by atoms with Gasteiger partial charge in [-0.15, -0.1) is 0 Å². The van der Waals surface area contributed by atoms with Gasteiger partial charge in [0.2, 0.25) is 0 Å². The molecule has 0 spiro atoms. The van der Waals surface area contributed by atoms with Crippen LogP contribution in [0.5, 0.6) is 11.5 Å². The highest BCUT2D eigenvalue weighted by atomic mass is 32.2. The predicted molar refractivity (Wildman–Crippen MR) is 179 cm³/mol. The highest BCUT2D eigenvalue weighted by Crippen LogP contribution is 2.40. The molecule has 0 aliphatic heterocycles. The maximum absolute atomic E-state index is 14.7. The first-order valence-electron chi connectivity index (χ1n) is 15.1. The van der Waals surface area contributed by atoms with Gasteiger partial charge in [0.25, 0.3) is 10.0 Å². The first kappa shape index (κ1) is 32.4. The minimum absolute atomic E-state index is 0.0590. The third-order valence-corrected chi connectivity index (χ3v) is 8.92. The smallest absolute Gasteiger partial charge is 0.270 e. The first-order chi connectivity index (χ1) is 22.1. The zero-order valence-electron chi connectivity index (χ0n) is 26.3. The van der Waals surface area contributed by atoms with E-state index in [0.29, 0.717) is 63.9 Å². The topological polar surface area (TPSA) is 105 Å². The maximum Gasteiger partial charge on any atom is 0.270 e. The minimum atomic E-state index is -4.23. The van der Waals surface area contributed by atoms with Crippen molar-refractivity contribution in [3.63, 3.8) is 0 Å². The van der Waals surface area contributed by atoms with E-state index in [4.69, 9.17) is 14.5 Å². The Kier molecular flexibility index (Phi) is 9.82. The van der Waals surface area contributed by atoms with E-state index in [1.807, 2.05) is 56.3 Å². The summed E-state index contributed by atoms with van der Waals surface area (Å²) in [6.07, 6.45) is 0.255. The van der Waals surface area contributed by atoms with Crippen molar-refractivity contribution >= 4 is 21.6 Å². The van der Waals surface area contributed by atoms with Crippen molar-refractivity contribution in [2.75, 3.05) is 13.2 Å². The van der Waals surface area contributed by atoms with E-state index in [1.54, 1.807) is 54.6 Å². The maximum atomic E-state index is 14.7. The number of hydrogen-bond acceptors (Lipinski definition) is 7. The normalized spacial score (nSPS) is 11.3. The summed E-state index contributed by atoms with van der Waals surface area (Å²) in [5, 5.41) is 0. The lowest BCUT2D eigenvalue weighted by molar-refractivity contribution is -0.117. The zero-order chi connectivity index (χ0) is 32.8. The Morgan fingerprint density at radius 3 is 1.65 bits per heavy atom. The summed E-state index contributed by atoms with van der Waals surface area (Å²) < 4.78 is 41.9. The molecule has 0 bridgehead atoms. The van der Waals surface area contributed by atoms with Crippen molar-refractivity contribution in [3.05, 3.63) is 108 Å². The fourth-order valence-electron chi connectivity index (χ4n) is 5.40. The standard InChI is InChI=1S/C37H36N2O6S/c1-5-44-32-16-12-29(13-17-32)35-36(30-14-18-33(19-15-30)45-6-2)39(46(42,43)34-10-8-7-9-11-34)37(38-35)31-23-27(20-25(3)40)22-28(24-31)21-26(4)41/h7-19,22-24H,5-6,20-21H2,1-4H3. The molecule has 0 saturated carbocycles. The van der Waals surface area contributed by atoms with Crippen LogP contribution in [0.4, 0.5) is 0 Å². The van der Waals surface area contributed by atoms with E-state index < -0.39 is 10.0 Å². The third kappa shape index (κ3) is 7.10. The third-order valence-electron chi connectivity index (χ3n) is 7.21. The number of ketones is 2. The number of carbonyl (C=O) groups is 2. The van der Waals surface area contributed by atoms with Crippen molar-refractivity contribution in [2.45, 2.75) is 45.4 Å². The molecule has 0 saturated heterocycles. The molecule has 46 heavy (non-hydrogen) atoms. The molecular weight excluding hydrogens is 600 g/mol. The van der Waals surface area contributed by atoms with Gasteiger partial charge in [0.1, 0.15) is 23.1 Å². The van der Waals surface area contributed by atoms with E-state index in [-0.39, 0.29) is 35.1 Å². The first-order valence-corrected chi connectivity index (χ1v) is 16.6. The number of nitrogens with zero attached hydrogens (tertiary/aromatic N) is 2. The Labute approximate surface area is 269 Å². The van der Waals surface area contributed by atoms with Crippen LogP contribution in [0.3, 0.4) is 0 Å². The van der Waals surface area contributed by atoms with Gasteiger partial charge >= 0.3 is 0 Å². The molecule has 0 N–H and O–H groups in total. The highest BCUT2D eigenvalue weighted by Gasteiger charge is 2.30. The van der Waals surface area contributed by atoms with E-state index >= 15 is 0 Å². The molecule has 5 rings (SSSR count). The Morgan fingerprint density at radius 1 is 0.674 bits per heavy atom. The van der Waals surface area contributed by atoms with Gasteiger partial charge in [0, 0.05) is 29.5 Å². The monoisotopic (exact) mass is 636 g/mol. The molecule has 8 nitrogen and oxygen atoms in total. The van der Waals surface area contributed by atoms with Crippen LogP contribution in [0.25, 0.3) is 33.9 Å². The van der Waals surface area contributed by atoms with Gasteiger partial charge in [-0.1, -0.05) is 24.3 Å². The molecule has 0 aliphatic carbocycles. The summed E-state index contributed by atoms with van der Waals surface area (Å²) in [6.45, 7) is 7.77. The number of Topliss-reactive ketones (excluding diaryl/α,β-unsaturated/α-hetero) is 2. The SMILES string of the molecule is CCOc1ccc(-c2nc(-c3cc(CC(C)=O)cc(CC(C)=O)c3)n(S(=O)(=O)c3ccccc3)c2-c2ccc(OCC)cc2)cc1. The van der Waals surface area contributed by atoms with Crippen molar-refractivity contribution in [1.29, 1.82) is 0 Å². The molecule has 1 heterocycles. The summed E-state index contributed by atoms with van der Waals surface area (Å²) >= 11 is 0. The van der Waals surface area contributed by atoms with Crippen LogP contribution < -0.4 is 9.47 Å². The molecule has 9 heteroatoms. The summed E-state index contributed by atoms with van der Waals surface area (Å²) in [7, 11) is -4.23. The molecule has 0 aliphatic rings. The van der Waals surface area contributed by atoms with Gasteiger partial charge in [-0.25, -0.2) is 17.4 Å². The minimum Gasteiger partial charge on any atom is -0.494 e. The molecule has 0 fully saturated rings. The van der Waals surface area contributed by atoms with Crippen LogP contribution in [0.2, 0.25) is 0 Å². The van der Waals surface area contributed by atoms with E-state index in [0.717, 1.165) is 0 Å². The second-order valence-electron chi connectivity index (χ2n) is 10.9. The van der Waals surface area contributed by atoms with Crippen LogP contribution in [0, 0.1) is 0 Å². The second-order valence-corrected chi connectivity index (χ2v) is 12.7. The average Bonchev–Trinajstić information content (AvgIpc) is 3.44. The van der Waals surface area contributed by atoms with Gasteiger partial charge < -0.3 is 9.47 Å². The Bertz CT molecular complexity index is 1930. The Morgan fingerprint density at radius 2 is 1.17 bits per heavy atom. The molecule has 0 unspecified atom stereocenters. The highest BCUT2D eigenvalue weighted by molar-refractivity contribution is 7.90. The van der Waals surface area contributed by atoms with Crippen LogP contribution in [-0.4, -0.2) is 42.2 Å². The molecular formula is C37H36N2O6S. The predicted octanol–water partition coefficient (Wildman–Crippen LogP) is 7.18. The van der Waals surface area contributed by atoms with Gasteiger partial charge in [-0.3, -0.25) is 9.59 Å². The molecule has 0 radical (unpaired) electrons. The number of rotatable bonds is 13. The molecule has 236 valence electrons.